The number of hydrogen-bond acceptors (Lipinski definition) is 5. The molecule has 2 heterocycles. The molecule has 1 aliphatic rings. The largest absolute Gasteiger partial charge is 0.443 e. The normalized spacial score (nSPS) is 19.4. The van der Waals surface area contributed by atoms with E-state index in [1.165, 1.54) is 0 Å². The summed E-state index contributed by atoms with van der Waals surface area (Å²) in [5, 5.41) is 0. The van der Waals surface area contributed by atoms with Gasteiger partial charge in [-0.3, -0.25) is 24.0 Å². The molecule has 0 saturated carbocycles. The third-order valence-electron chi connectivity index (χ3n) is 3.70. The van der Waals surface area contributed by atoms with E-state index < -0.39 is 29.8 Å². The Bertz CT molecular complexity index is 674. The number of nitrogens with zero attached hydrogens (tertiary/aromatic N) is 2. The summed E-state index contributed by atoms with van der Waals surface area (Å²) in [4.78, 5) is 38.5. The molecule has 122 valence electrons. The first-order valence-electron chi connectivity index (χ1n) is 7.13. The molecule has 2 rings (SSSR count). The zero-order valence-corrected chi connectivity index (χ0v) is 12.9. The number of halogens is 1. The molecule has 0 radical (unpaired) electrons. The minimum atomic E-state index is -1.10. The number of aromatic amines is 1. The van der Waals surface area contributed by atoms with Gasteiger partial charge in [0.25, 0.3) is 5.56 Å². The molecule has 1 unspecified atom stereocenters. The fraction of sp³-hybridized carbons (Fsp3) is 0.643. The van der Waals surface area contributed by atoms with Crippen LogP contribution in [0.1, 0.15) is 33.6 Å². The first-order valence-corrected chi connectivity index (χ1v) is 7.13. The standard InChI is InChI=1S/C14H20FN3O4/c1-14(2,3)18-6-4-5-10(18)12(20)22-8-17-7-9(15)11(19)16-13(17)21/h7,10H,4-6,8H2,1-3H3,(H,16,19,21). The Morgan fingerprint density at radius 3 is 2.77 bits per heavy atom. The van der Waals surface area contributed by atoms with Gasteiger partial charge in [0.2, 0.25) is 5.82 Å². The highest BCUT2D eigenvalue weighted by Gasteiger charge is 2.38. The predicted octanol–water partition coefficient (Wildman–Crippen LogP) is 0.439. The lowest BCUT2D eigenvalue weighted by Crippen LogP contribution is -2.48. The van der Waals surface area contributed by atoms with E-state index in [9.17, 15) is 18.8 Å². The van der Waals surface area contributed by atoms with Crippen molar-refractivity contribution in [3.8, 4) is 0 Å². The second-order valence-corrected chi connectivity index (χ2v) is 6.32. The van der Waals surface area contributed by atoms with E-state index in [0.29, 0.717) is 6.42 Å². The van der Waals surface area contributed by atoms with Gasteiger partial charge in [-0.05, 0) is 40.2 Å². The van der Waals surface area contributed by atoms with Crippen molar-refractivity contribution >= 4 is 5.97 Å². The average Bonchev–Trinajstić information content (AvgIpc) is 2.90. The van der Waals surface area contributed by atoms with E-state index in [1.807, 2.05) is 30.7 Å². The van der Waals surface area contributed by atoms with Crippen molar-refractivity contribution in [3.63, 3.8) is 0 Å². The van der Waals surface area contributed by atoms with Gasteiger partial charge in [-0.1, -0.05) is 0 Å². The zero-order valence-electron chi connectivity index (χ0n) is 12.9. The fourth-order valence-corrected chi connectivity index (χ4v) is 2.62. The molecule has 0 spiro atoms. The first kappa shape index (κ1) is 16.4. The summed E-state index contributed by atoms with van der Waals surface area (Å²) in [5.74, 6) is -1.56. The van der Waals surface area contributed by atoms with Crippen LogP contribution >= 0.6 is 0 Å². The Labute approximate surface area is 126 Å². The van der Waals surface area contributed by atoms with E-state index >= 15 is 0 Å². The molecule has 1 fully saturated rings. The van der Waals surface area contributed by atoms with Gasteiger partial charge in [0.15, 0.2) is 6.73 Å². The molecule has 1 aromatic heterocycles. The summed E-state index contributed by atoms with van der Waals surface area (Å²) in [5.41, 5.74) is -2.08. The van der Waals surface area contributed by atoms with E-state index in [1.54, 1.807) is 0 Å². The maximum absolute atomic E-state index is 13.2. The topological polar surface area (TPSA) is 84.4 Å². The molecule has 0 aliphatic carbocycles. The number of aromatic nitrogens is 2. The summed E-state index contributed by atoms with van der Waals surface area (Å²) < 4.78 is 19.1. The van der Waals surface area contributed by atoms with Crippen LogP contribution in [-0.2, 0) is 16.3 Å². The Kier molecular flexibility index (Phi) is 4.50. The lowest BCUT2D eigenvalue weighted by atomic mass is 10.0. The van der Waals surface area contributed by atoms with Gasteiger partial charge in [-0.15, -0.1) is 0 Å². The molecular weight excluding hydrogens is 293 g/mol. The fourth-order valence-electron chi connectivity index (χ4n) is 2.62. The number of H-pyrrole nitrogens is 1. The highest BCUT2D eigenvalue weighted by atomic mass is 19.1. The lowest BCUT2D eigenvalue weighted by Gasteiger charge is -2.35. The van der Waals surface area contributed by atoms with Crippen LogP contribution in [0, 0.1) is 5.82 Å². The highest BCUT2D eigenvalue weighted by molar-refractivity contribution is 5.76. The number of esters is 1. The summed E-state index contributed by atoms with van der Waals surface area (Å²) in [6.45, 7) is 6.41. The van der Waals surface area contributed by atoms with E-state index in [4.69, 9.17) is 4.74 Å². The molecule has 22 heavy (non-hydrogen) atoms. The SMILES string of the molecule is CC(C)(C)N1CCCC1C(=O)OCn1cc(F)c(=O)[nH]c1=O. The highest BCUT2D eigenvalue weighted by Crippen LogP contribution is 2.27. The molecule has 8 heteroatoms. The number of carbonyl (C=O) groups is 1. The van der Waals surface area contributed by atoms with Crippen LogP contribution in [0.3, 0.4) is 0 Å². The van der Waals surface area contributed by atoms with E-state index in [2.05, 4.69) is 0 Å². The number of ether oxygens (including phenoxy) is 1. The molecule has 1 atom stereocenters. The number of rotatable bonds is 3. The lowest BCUT2D eigenvalue weighted by molar-refractivity contribution is -0.154. The number of likely N-dealkylation sites (tertiary alicyclic amines) is 1. The van der Waals surface area contributed by atoms with Crippen molar-refractivity contribution in [1.82, 2.24) is 14.5 Å². The monoisotopic (exact) mass is 313 g/mol. The number of carbonyl (C=O) groups excluding carboxylic acids is 1. The number of hydrogen-bond donors (Lipinski definition) is 1. The Balaban J connectivity index is 2.06. The van der Waals surface area contributed by atoms with Crippen LogP contribution in [-0.4, -0.2) is 38.5 Å². The Morgan fingerprint density at radius 2 is 2.14 bits per heavy atom. The van der Waals surface area contributed by atoms with Gasteiger partial charge in [-0.25, -0.2) is 4.79 Å². The predicted molar refractivity (Wildman–Crippen MR) is 76.9 cm³/mol. The minimum Gasteiger partial charge on any atom is -0.443 e. The summed E-state index contributed by atoms with van der Waals surface area (Å²) in [6.07, 6.45) is 2.31. The Morgan fingerprint density at radius 1 is 1.45 bits per heavy atom. The maximum atomic E-state index is 13.2. The summed E-state index contributed by atoms with van der Waals surface area (Å²) in [7, 11) is 0. The minimum absolute atomic E-state index is 0.166. The third kappa shape index (κ3) is 3.44. The van der Waals surface area contributed by atoms with Crippen molar-refractivity contribution in [2.24, 2.45) is 0 Å². The van der Waals surface area contributed by atoms with Crippen LogP contribution in [0.5, 0.6) is 0 Å². The number of nitrogens with one attached hydrogen (secondary N) is 1. The van der Waals surface area contributed by atoms with Crippen molar-refractivity contribution in [3.05, 3.63) is 32.9 Å². The van der Waals surface area contributed by atoms with Gasteiger partial charge >= 0.3 is 11.7 Å². The first-order chi connectivity index (χ1) is 10.2. The second-order valence-electron chi connectivity index (χ2n) is 6.32. The van der Waals surface area contributed by atoms with Crippen molar-refractivity contribution in [2.75, 3.05) is 6.54 Å². The third-order valence-corrected chi connectivity index (χ3v) is 3.70. The van der Waals surface area contributed by atoms with Crippen LogP contribution in [0.15, 0.2) is 15.8 Å². The molecule has 7 nitrogen and oxygen atoms in total. The molecule has 1 aromatic rings. The van der Waals surface area contributed by atoms with Crippen LogP contribution in [0.4, 0.5) is 4.39 Å². The van der Waals surface area contributed by atoms with Gasteiger partial charge in [0.1, 0.15) is 6.04 Å². The van der Waals surface area contributed by atoms with Gasteiger partial charge in [-0.2, -0.15) is 4.39 Å². The van der Waals surface area contributed by atoms with Crippen molar-refractivity contribution < 1.29 is 13.9 Å². The van der Waals surface area contributed by atoms with Crippen LogP contribution < -0.4 is 11.2 Å². The van der Waals surface area contributed by atoms with Crippen molar-refractivity contribution in [1.29, 1.82) is 0 Å². The zero-order chi connectivity index (χ0) is 16.5. The molecule has 0 bridgehead atoms. The van der Waals surface area contributed by atoms with Crippen LogP contribution in [0.2, 0.25) is 0 Å². The molecular formula is C14H20FN3O4. The average molecular weight is 313 g/mol. The van der Waals surface area contributed by atoms with Crippen LogP contribution in [0.25, 0.3) is 0 Å². The summed E-state index contributed by atoms with van der Waals surface area (Å²) >= 11 is 0. The molecule has 0 amide bonds. The molecule has 0 aromatic carbocycles. The maximum Gasteiger partial charge on any atom is 0.331 e. The van der Waals surface area contributed by atoms with Gasteiger partial charge in [0, 0.05) is 5.54 Å². The Hall–Kier alpha value is -1.96. The molecule has 1 saturated heterocycles. The van der Waals surface area contributed by atoms with Gasteiger partial charge < -0.3 is 4.74 Å². The van der Waals surface area contributed by atoms with Gasteiger partial charge in [0.05, 0.1) is 6.20 Å². The second kappa shape index (κ2) is 6.04. The summed E-state index contributed by atoms with van der Waals surface area (Å²) in [6, 6.07) is -0.372. The van der Waals surface area contributed by atoms with E-state index in [-0.39, 0.29) is 11.6 Å². The smallest absolute Gasteiger partial charge is 0.331 e. The molecule has 1 aliphatic heterocycles. The molecule has 1 N–H and O–H groups in total. The quantitative estimate of drug-likeness (QED) is 0.819. The van der Waals surface area contributed by atoms with Crippen molar-refractivity contribution in [2.45, 2.75) is 51.9 Å². The van der Waals surface area contributed by atoms with E-state index in [0.717, 1.165) is 23.7 Å².